The lowest BCUT2D eigenvalue weighted by molar-refractivity contribution is -0.140. The number of hydrogen-bond acceptors (Lipinski definition) is 2. The minimum atomic E-state index is -0.551. The Morgan fingerprint density at radius 2 is 1.79 bits per heavy atom. The van der Waals surface area contributed by atoms with Crippen LogP contribution in [0.25, 0.3) is 0 Å². The predicted octanol–water partition coefficient (Wildman–Crippen LogP) is 7.02. The van der Waals surface area contributed by atoms with Gasteiger partial charge in [-0.15, -0.1) is 0 Å². The third-order valence-corrected chi connectivity index (χ3v) is 10.8. The third-order valence-electron chi connectivity index (χ3n) is 6.99. The standard InChI is InChI=1S/C23H34ClFO2Si/c1-2-3-4-13-28-14-11-18(12-15-28)17-5-7-19(8-6-17)23(26)27-20-9-10-21(24)22(25)16-20/h9-10,16-19,28H,2-8,11-15H2,1H3. The third kappa shape index (κ3) is 6.06. The van der Waals surface area contributed by atoms with Crippen LogP contribution < -0.4 is 4.74 Å². The summed E-state index contributed by atoms with van der Waals surface area (Å²) in [7, 11) is -0.441. The van der Waals surface area contributed by atoms with E-state index < -0.39 is 14.6 Å². The van der Waals surface area contributed by atoms with Gasteiger partial charge in [-0.3, -0.25) is 4.79 Å². The van der Waals surface area contributed by atoms with Crippen molar-refractivity contribution in [3.05, 3.63) is 29.0 Å². The van der Waals surface area contributed by atoms with Gasteiger partial charge in [-0.25, -0.2) is 4.39 Å². The van der Waals surface area contributed by atoms with Gasteiger partial charge in [-0.05, 0) is 49.7 Å². The summed E-state index contributed by atoms with van der Waals surface area (Å²) in [6.45, 7) is 2.29. The average Bonchev–Trinajstić information content (AvgIpc) is 2.72. The van der Waals surface area contributed by atoms with Gasteiger partial charge < -0.3 is 4.74 Å². The average molecular weight is 425 g/mol. The lowest BCUT2D eigenvalue weighted by Crippen LogP contribution is -2.31. The first-order valence-electron chi connectivity index (χ1n) is 11.2. The van der Waals surface area contributed by atoms with Crippen molar-refractivity contribution in [2.24, 2.45) is 17.8 Å². The highest BCUT2D eigenvalue weighted by Gasteiger charge is 2.33. The van der Waals surface area contributed by atoms with Crippen LogP contribution in [0.3, 0.4) is 0 Å². The molecule has 5 heteroatoms. The first-order valence-corrected chi connectivity index (χ1v) is 14.1. The van der Waals surface area contributed by atoms with Gasteiger partial charge >= 0.3 is 5.97 Å². The zero-order valence-corrected chi connectivity index (χ0v) is 19.0. The van der Waals surface area contributed by atoms with Gasteiger partial charge in [0.05, 0.1) is 10.9 Å². The van der Waals surface area contributed by atoms with Crippen LogP contribution in [0.15, 0.2) is 18.2 Å². The summed E-state index contributed by atoms with van der Waals surface area (Å²) >= 11 is 5.68. The van der Waals surface area contributed by atoms with Crippen LogP contribution >= 0.6 is 11.6 Å². The zero-order valence-electron chi connectivity index (χ0n) is 17.1. The second-order valence-corrected chi connectivity index (χ2v) is 12.8. The molecule has 28 heavy (non-hydrogen) atoms. The number of unbranched alkanes of at least 4 members (excludes halogenated alkanes) is 2. The van der Waals surface area contributed by atoms with Crippen LogP contribution in [0.2, 0.25) is 23.2 Å². The summed E-state index contributed by atoms with van der Waals surface area (Å²) in [5, 5.41) is 0.0449. The van der Waals surface area contributed by atoms with Gasteiger partial charge in [0.1, 0.15) is 11.6 Å². The van der Waals surface area contributed by atoms with Crippen LogP contribution in [0.1, 0.15) is 64.7 Å². The lowest BCUT2D eigenvalue weighted by atomic mass is 9.74. The van der Waals surface area contributed by atoms with Crippen LogP contribution in [-0.4, -0.2) is 14.8 Å². The molecule has 0 N–H and O–H groups in total. The van der Waals surface area contributed by atoms with Gasteiger partial charge in [0.2, 0.25) is 0 Å². The normalized spacial score (nSPS) is 28.1. The van der Waals surface area contributed by atoms with E-state index in [-0.39, 0.29) is 22.7 Å². The molecule has 1 heterocycles. The quantitative estimate of drug-likeness (QED) is 0.203. The highest BCUT2D eigenvalue weighted by atomic mass is 35.5. The Hall–Kier alpha value is -0.873. The van der Waals surface area contributed by atoms with Crippen LogP contribution in [-0.2, 0) is 4.79 Å². The Morgan fingerprint density at radius 1 is 1.11 bits per heavy atom. The maximum Gasteiger partial charge on any atom is 0.314 e. The van der Waals surface area contributed by atoms with E-state index in [9.17, 15) is 9.18 Å². The summed E-state index contributed by atoms with van der Waals surface area (Å²) in [5.41, 5.74) is 0. The van der Waals surface area contributed by atoms with Crippen molar-refractivity contribution in [2.75, 3.05) is 0 Å². The molecular weight excluding hydrogens is 391 g/mol. The minimum Gasteiger partial charge on any atom is -0.426 e. The Kier molecular flexibility index (Phi) is 8.40. The Labute approximate surface area is 175 Å². The van der Waals surface area contributed by atoms with Crippen LogP contribution in [0.5, 0.6) is 5.75 Å². The SMILES string of the molecule is CCCCC[SiH]1CCC(C2CCC(C(=O)Oc3ccc(Cl)c(F)c3)CC2)CC1. The molecule has 3 rings (SSSR count). The van der Waals surface area contributed by atoms with Crippen molar-refractivity contribution in [1.82, 2.24) is 0 Å². The number of ether oxygens (including phenoxy) is 1. The molecule has 0 aromatic heterocycles. The molecule has 1 aliphatic heterocycles. The molecule has 1 saturated heterocycles. The first kappa shape index (κ1) is 21.8. The molecule has 0 spiro atoms. The Balaban J connectivity index is 1.39. The number of halogens is 2. The van der Waals surface area contributed by atoms with E-state index in [1.807, 2.05) is 0 Å². The van der Waals surface area contributed by atoms with Gasteiger partial charge in [0.15, 0.2) is 0 Å². The van der Waals surface area contributed by atoms with Crippen LogP contribution in [0.4, 0.5) is 4.39 Å². The molecule has 2 aliphatic rings. The molecule has 1 aromatic rings. The summed E-state index contributed by atoms with van der Waals surface area (Å²) < 4.78 is 18.9. The fourth-order valence-electron chi connectivity index (χ4n) is 5.20. The van der Waals surface area contributed by atoms with Gasteiger partial charge in [0.25, 0.3) is 0 Å². The fourth-order valence-corrected chi connectivity index (χ4v) is 8.85. The van der Waals surface area contributed by atoms with Crippen molar-refractivity contribution in [2.45, 2.75) is 82.8 Å². The smallest absolute Gasteiger partial charge is 0.314 e. The topological polar surface area (TPSA) is 26.3 Å². The number of hydrogen-bond donors (Lipinski definition) is 0. The largest absolute Gasteiger partial charge is 0.426 e. The monoisotopic (exact) mass is 424 g/mol. The molecule has 1 aliphatic carbocycles. The molecule has 0 amide bonds. The minimum absolute atomic E-state index is 0.0449. The van der Waals surface area contributed by atoms with Crippen molar-refractivity contribution < 1.29 is 13.9 Å². The maximum atomic E-state index is 13.5. The molecule has 0 radical (unpaired) electrons. The molecule has 156 valence electrons. The molecule has 1 saturated carbocycles. The van der Waals surface area contributed by atoms with E-state index in [4.69, 9.17) is 16.3 Å². The summed E-state index contributed by atoms with van der Waals surface area (Å²) in [4.78, 5) is 12.4. The van der Waals surface area contributed by atoms with Crippen molar-refractivity contribution in [3.63, 3.8) is 0 Å². The molecular formula is C23H34ClFO2Si. The Bertz CT molecular complexity index is 637. The van der Waals surface area contributed by atoms with Crippen molar-refractivity contribution >= 4 is 26.4 Å². The highest BCUT2D eigenvalue weighted by Crippen LogP contribution is 2.41. The second-order valence-electron chi connectivity index (χ2n) is 8.89. The number of benzene rings is 1. The van der Waals surface area contributed by atoms with E-state index in [0.29, 0.717) is 0 Å². The molecule has 0 atom stereocenters. The summed E-state index contributed by atoms with van der Waals surface area (Å²) in [6.07, 6.45) is 11.2. The van der Waals surface area contributed by atoms with E-state index in [1.54, 1.807) is 24.2 Å². The van der Waals surface area contributed by atoms with E-state index >= 15 is 0 Å². The van der Waals surface area contributed by atoms with Gasteiger partial charge in [0, 0.05) is 14.9 Å². The number of esters is 1. The van der Waals surface area contributed by atoms with Crippen molar-refractivity contribution in [3.8, 4) is 5.75 Å². The predicted molar refractivity (Wildman–Crippen MR) is 116 cm³/mol. The molecule has 0 bridgehead atoms. The van der Waals surface area contributed by atoms with Crippen LogP contribution in [0, 0.1) is 23.6 Å². The lowest BCUT2D eigenvalue weighted by Gasteiger charge is -2.37. The van der Waals surface area contributed by atoms with E-state index in [1.165, 1.54) is 44.2 Å². The first-order chi connectivity index (χ1) is 13.6. The summed E-state index contributed by atoms with van der Waals surface area (Å²) in [6, 6.07) is 8.81. The Morgan fingerprint density at radius 3 is 2.43 bits per heavy atom. The number of rotatable bonds is 7. The molecule has 2 nitrogen and oxygen atoms in total. The fraction of sp³-hybridized carbons (Fsp3) is 0.696. The maximum absolute atomic E-state index is 13.5. The van der Waals surface area contributed by atoms with Crippen molar-refractivity contribution in [1.29, 1.82) is 0 Å². The van der Waals surface area contributed by atoms with E-state index in [0.717, 1.165) is 37.5 Å². The van der Waals surface area contributed by atoms with E-state index in [2.05, 4.69) is 6.92 Å². The summed E-state index contributed by atoms with van der Waals surface area (Å²) in [5.74, 6) is 1.12. The highest BCUT2D eigenvalue weighted by molar-refractivity contribution is 6.58. The molecule has 2 fully saturated rings. The zero-order chi connectivity index (χ0) is 19.9. The van der Waals surface area contributed by atoms with Gasteiger partial charge in [-0.1, -0.05) is 68.8 Å². The number of carbonyl (C=O) groups is 1. The molecule has 1 aromatic carbocycles. The molecule has 0 unspecified atom stereocenters. The number of carbonyl (C=O) groups excluding carboxylic acids is 1. The second kappa shape index (κ2) is 10.8. The van der Waals surface area contributed by atoms with Gasteiger partial charge in [-0.2, -0.15) is 0 Å².